The van der Waals surface area contributed by atoms with E-state index >= 15 is 0 Å². The molecule has 0 radical (unpaired) electrons. The van der Waals surface area contributed by atoms with Crippen LogP contribution in [-0.4, -0.2) is 39.2 Å². The number of halogens is 1. The van der Waals surface area contributed by atoms with Crippen molar-refractivity contribution in [2.24, 2.45) is 0 Å². The van der Waals surface area contributed by atoms with Crippen LogP contribution in [0, 0.1) is 0 Å². The van der Waals surface area contributed by atoms with Crippen molar-refractivity contribution in [1.82, 2.24) is 14.5 Å². The second kappa shape index (κ2) is 10.9. The largest absolute Gasteiger partial charge is 0.343 e. The Balaban J connectivity index is 1.80. The van der Waals surface area contributed by atoms with Crippen LogP contribution in [0.1, 0.15) is 46.0 Å². The van der Waals surface area contributed by atoms with Gasteiger partial charge in [0.2, 0.25) is 5.91 Å². The van der Waals surface area contributed by atoms with Gasteiger partial charge in [-0.25, -0.2) is 4.98 Å². The first-order valence-corrected chi connectivity index (χ1v) is 11.9. The highest BCUT2D eigenvalue weighted by atomic mass is 35.5. The van der Waals surface area contributed by atoms with Gasteiger partial charge in [-0.1, -0.05) is 47.1 Å². The number of carbonyl (C=O) groups excluding carboxylic acids is 1. The van der Waals surface area contributed by atoms with Gasteiger partial charge in [0, 0.05) is 24.7 Å². The van der Waals surface area contributed by atoms with Crippen LogP contribution >= 0.6 is 23.4 Å². The van der Waals surface area contributed by atoms with Gasteiger partial charge in [0.05, 0.1) is 17.6 Å². The summed E-state index contributed by atoms with van der Waals surface area (Å²) in [5, 5.41) is 1.64. The summed E-state index contributed by atoms with van der Waals surface area (Å²) in [5.74, 6) is 0.583. The van der Waals surface area contributed by atoms with Crippen LogP contribution < -0.4 is 0 Å². The third-order valence-electron chi connectivity index (χ3n) is 5.44. The van der Waals surface area contributed by atoms with Crippen molar-refractivity contribution in [3.63, 3.8) is 0 Å². The number of carbonyl (C=O) groups is 1. The zero-order valence-corrected chi connectivity index (χ0v) is 18.9. The van der Waals surface area contributed by atoms with E-state index in [1.807, 2.05) is 49.2 Å². The lowest BCUT2D eigenvalue weighted by molar-refractivity contribution is -0.127. The summed E-state index contributed by atoms with van der Waals surface area (Å²) in [7, 11) is 0. The molecule has 1 aromatic carbocycles. The highest BCUT2D eigenvalue weighted by Crippen LogP contribution is 2.29. The Morgan fingerprint density at radius 2 is 1.97 bits per heavy atom. The molecule has 0 unspecified atom stereocenters. The van der Waals surface area contributed by atoms with Crippen LogP contribution in [0.5, 0.6) is 0 Å². The minimum Gasteiger partial charge on any atom is -0.343 e. The van der Waals surface area contributed by atoms with E-state index in [1.165, 1.54) is 37.4 Å². The fourth-order valence-corrected chi connectivity index (χ4v) is 4.76. The molecule has 1 aromatic heterocycles. The second-order valence-corrected chi connectivity index (χ2v) is 8.68. The Morgan fingerprint density at radius 3 is 2.62 bits per heavy atom. The fourth-order valence-electron chi connectivity index (χ4n) is 3.72. The number of thioether (sulfide) groups is 1. The maximum Gasteiger partial charge on any atom is 0.233 e. The quantitative estimate of drug-likeness (QED) is 0.358. The molecule has 0 atom stereocenters. The summed E-state index contributed by atoms with van der Waals surface area (Å²) in [6.45, 7) is 6.40. The van der Waals surface area contributed by atoms with E-state index in [-0.39, 0.29) is 5.91 Å². The van der Waals surface area contributed by atoms with Gasteiger partial charge >= 0.3 is 0 Å². The molecule has 1 aliphatic carbocycles. The van der Waals surface area contributed by atoms with E-state index in [0.29, 0.717) is 5.75 Å². The van der Waals surface area contributed by atoms with Crippen LogP contribution in [-0.2, 0) is 11.3 Å². The molecule has 1 amide bonds. The van der Waals surface area contributed by atoms with E-state index in [9.17, 15) is 4.79 Å². The summed E-state index contributed by atoms with van der Waals surface area (Å²) >= 11 is 7.61. The average Bonchev–Trinajstić information content (AvgIpc) is 3.15. The van der Waals surface area contributed by atoms with Gasteiger partial charge < -0.3 is 9.47 Å². The van der Waals surface area contributed by atoms with E-state index < -0.39 is 0 Å². The SMILES string of the molecule is CCN(CC)C(=O)CSc1ncc(-c2ccc(Cl)cc2)n1CCC1=CCCCC1. The highest BCUT2D eigenvalue weighted by Gasteiger charge is 2.16. The van der Waals surface area contributed by atoms with Crippen molar-refractivity contribution < 1.29 is 4.79 Å². The third kappa shape index (κ3) is 5.89. The third-order valence-corrected chi connectivity index (χ3v) is 6.67. The Morgan fingerprint density at radius 1 is 1.21 bits per heavy atom. The standard InChI is InChI=1S/C23H30ClN3OS/c1-3-26(4-2)22(28)17-29-23-25-16-21(19-10-12-20(24)13-11-19)27(23)15-14-18-8-6-5-7-9-18/h8,10-13,16H,3-7,9,14-15,17H2,1-2H3. The lowest BCUT2D eigenvalue weighted by Crippen LogP contribution is -2.31. The monoisotopic (exact) mass is 431 g/mol. The first-order chi connectivity index (χ1) is 14.1. The molecule has 0 bridgehead atoms. The number of imidazole rings is 1. The van der Waals surface area contributed by atoms with Crippen molar-refractivity contribution in [2.75, 3.05) is 18.8 Å². The Hall–Kier alpha value is -1.72. The first-order valence-electron chi connectivity index (χ1n) is 10.5. The molecule has 1 aliphatic rings. The smallest absolute Gasteiger partial charge is 0.233 e. The molecule has 1 heterocycles. The highest BCUT2D eigenvalue weighted by molar-refractivity contribution is 7.99. The molecule has 2 aromatic rings. The lowest BCUT2D eigenvalue weighted by atomic mass is 9.97. The minimum absolute atomic E-state index is 0.164. The number of hydrogen-bond acceptors (Lipinski definition) is 3. The molecule has 4 nitrogen and oxygen atoms in total. The molecule has 3 rings (SSSR count). The number of hydrogen-bond donors (Lipinski definition) is 0. The zero-order chi connectivity index (χ0) is 20.6. The van der Waals surface area contributed by atoms with Gasteiger partial charge in [-0.05, 0) is 63.6 Å². The van der Waals surface area contributed by atoms with Crippen molar-refractivity contribution in [2.45, 2.75) is 57.7 Å². The van der Waals surface area contributed by atoms with E-state index in [0.717, 1.165) is 47.5 Å². The molecule has 0 aliphatic heterocycles. The summed E-state index contributed by atoms with van der Waals surface area (Å²) in [5.41, 5.74) is 3.72. The van der Waals surface area contributed by atoms with Crippen molar-refractivity contribution in [3.8, 4) is 11.3 Å². The van der Waals surface area contributed by atoms with Gasteiger partial charge in [0.25, 0.3) is 0 Å². The van der Waals surface area contributed by atoms with E-state index in [1.54, 1.807) is 5.57 Å². The van der Waals surface area contributed by atoms with Crippen molar-refractivity contribution in [3.05, 3.63) is 47.1 Å². The van der Waals surface area contributed by atoms with E-state index in [4.69, 9.17) is 11.6 Å². The van der Waals surface area contributed by atoms with Crippen LogP contribution in [0.2, 0.25) is 5.02 Å². The number of allylic oxidation sites excluding steroid dienone is 2. The van der Waals surface area contributed by atoms with Gasteiger partial charge in [0.1, 0.15) is 0 Å². The molecule has 0 spiro atoms. The number of aromatic nitrogens is 2. The summed E-state index contributed by atoms with van der Waals surface area (Å²) < 4.78 is 2.26. The van der Waals surface area contributed by atoms with Gasteiger partial charge in [-0.15, -0.1) is 0 Å². The number of rotatable bonds is 9. The van der Waals surface area contributed by atoms with Gasteiger partial charge in [0.15, 0.2) is 5.16 Å². The normalized spacial score (nSPS) is 14.0. The van der Waals surface area contributed by atoms with Gasteiger partial charge in [-0.2, -0.15) is 0 Å². The van der Waals surface area contributed by atoms with Gasteiger partial charge in [-0.3, -0.25) is 4.79 Å². The zero-order valence-electron chi connectivity index (χ0n) is 17.4. The lowest BCUT2D eigenvalue weighted by Gasteiger charge is -2.19. The fraction of sp³-hybridized carbons (Fsp3) is 0.478. The van der Waals surface area contributed by atoms with Crippen LogP contribution in [0.25, 0.3) is 11.3 Å². The number of amides is 1. The molecule has 0 saturated carbocycles. The topological polar surface area (TPSA) is 38.1 Å². The summed E-state index contributed by atoms with van der Waals surface area (Å²) in [6, 6.07) is 7.89. The molecule has 29 heavy (non-hydrogen) atoms. The van der Waals surface area contributed by atoms with Crippen LogP contribution in [0.15, 0.2) is 47.3 Å². The second-order valence-electron chi connectivity index (χ2n) is 7.30. The maximum absolute atomic E-state index is 12.5. The molecule has 0 fully saturated rings. The summed E-state index contributed by atoms with van der Waals surface area (Å²) in [4.78, 5) is 19.0. The molecule has 0 saturated heterocycles. The predicted molar refractivity (Wildman–Crippen MR) is 122 cm³/mol. The Kier molecular flexibility index (Phi) is 8.25. The van der Waals surface area contributed by atoms with Crippen molar-refractivity contribution in [1.29, 1.82) is 0 Å². The average molecular weight is 432 g/mol. The summed E-state index contributed by atoms with van der Waals surface area (Å²) in [6.07, 6.45) is 10.4. The molecular weight excluding hydrogens is 402 g/mol. The predicted octanol–water partition coefficient (Wildman–Crippen LogP) is 6.05. The molecule has 6 heteroatoms. The Labute approximate surface area is 183 Å². The molecule has 156 valence electrons. The number of nitrogens with zero attached hydrogens (tertiary/aromatic N) is 3. The number of benzene rings is 1. The first kappa shape index (κ1) is 22.0. The minimum atomic E-state index is 0.164. The molecular formula is C23H30ClN3OS. The Bertz CT molecular complexity index is 840. The molecule has 0 N–H and O–H groups in total. The van der Waals surface area contributed by atoms with Crippen LogP contribution in [0.4, 0.5) is 0 Å². The maximum atomic E-state index is 12.5. The van der Waals surface area contributed by atoms with E-state index in [2.05, 4.69) is 15.6 Å². The van der Waals surface area contributed by atoms with Crippen molar-refractivity contribution >= 4 is 29.3 Å². The van der Waals surface area contributed by atoms with Crippen LogP contribution in [0.3, 0.4) is 0 Å².